The van der Waals surface area contributed by atoms with E-state index in [4.69, 9.17) is 4.74 Å². The van der Waals surface area contributed by atoms with Gasteiger partial charge in [0.05, 0.1) is 17.7 Å². The number of hydrogen-bond donors (Lipinski definition) is 2. The zero-order chi connectivity index (χ0) is 22.1. The number of amides is 2. The summed E-state index contributed by atoms with van der Waals surface area (Å²) in [5, 5.41) is 5.87. The topological polar surface area (TPSA) is 67.4 Å². The third-order valence-corrected chi connectivity index (χ3v) is 6.97. The van der Waals surface area contributed by atoms with Crippen molar-refractivity contribution in [1.82, 2.24) is 5.32 Å². The van der Waals surface area contributed by atoms with Crippen molar-refractivity contribution >= 4 is 47.1 Å². The standard InChI is InChI=1S/C24H28N2O3S2/c1-3-4-12-30-13-6-11-25-23(27)18-9-10-21-20(16-18)26-24(28)22(31-21)15-17-7-5-8-19(14-17)29-2/h5,7-10,14-16H,3-4,6,11-13H2,1-2H3,(H,25,27)(H,26,28). The summed E-state index contributed by atoms with van der Waals surface area (Å²) in [6.07, 6.45) is 5.25. The first-order valence-corrected chi connectivity index (χ1v) is 12.4. The number of carbonyl (C=O) groups is 2. The van der Waals surface area contributed by atoms with Gasteiger partial charge < -0.3 is 15.4 Å². The van der Waals surface area contributed by atoms with Crippen LogP contribution in [0.4, 0.5) is 5.69 Å². The van der Waals surface area contributed by atoms with Crippen LogP contribution in [0.3, 0.4) is 0 Å². The predicted octanol–water partition coefficient (Wildman–Crippen LogP) is 5.43. The van der Waals surface area contributed by atoms with Crippen LogP contribution >= 0.6 is 23.5 Å². The number of nitrogens with one attached hydrogen (secondary N) is 2. The lowest BCUT2D eigenvalue weighted by Crippen LogP contribution is -2.25. The van der Waals surface area contributed by atoms with Gasteiger partial charge in [-0.05, 0) is 66.3 Å². The molecule has 2 N–H and O–H groups in total. The fourth-order valence-electron chi connectivity index (χ4n) is 3.01. The first-order chi connectivity index (χ1) is 15.1. The molecule has 0 atom stereocenters. The minimum atomic E-state index is -0.179. The zero-order valence-corrected chi connectivity index (χ0v) is 19.5. The normalized spacial score (nSPS) is 14.1. The Labute approximate surface area is 192 Å². The molecule has 1 heterocycles. The van der Waals surface area contributed by atoms with Crippen LogP contribution in [-0.2, 0) is 4.79 Å². The average molecular weight is 457 g/mol. The summed E-state index contributed by atoms with van der Waals surface area (Å²) in [5.74, 6) is 2.69. The van der Waals surface area contributed by atoms with E-state index >= 15 is 0 Å². The van der Waals surface area contributed by atoms with Crippen LogP contribution in [-0.4, -0.2) is 37.0 Å². The summed E-state index contributed by atoms with van der Waals surface area (Å²) >= 11 is 3.33. The summed E-state index contributed by atoms with van der Waals surface area (Å²) in [6, 6.07) is 13.0. The van der Waals surface area contributed by atoms with Gasteiger partial charge in [-0.2, -0.15) is 11.8 Å². The van der Waals surface area contributed by atoms with Crippen LogP contribution in [0.2, 0.25) is 0 Å². The molecule has 1 aliphatic rings. The molecule has 0 bridgehead atoms. The maximum absolute atomic E-state index is 12.6. The first kappa shape index (κ1) is 23.3. The van der Waals surface area contributed by atoms with Crippen LogP contribution in [0, 0.1) is 0 Å². The number of fused-ring (bicyclic) bond motifs is 1. The number of carbonyl (C=O) groups excluding carboxylic acids is 2. The lowest BCUT2D eigenvalue weighted by molar-refractivity contribution is -0.112. The monoisotopic (exact) mass is 456 g/mol. The lowest BCUT2D eigenvalue weighted by atomic mass is 10.1. The second-order valence-electron chi connectivity index (χ2n) is 7.13. The van der Waals surface area contributed by atoms with Crippen molar-refractivity contribution in [2.75, 3.05) is 30.5 Å². The highest BCUT2D eigenvalue weighted by Crippen LogP contribution is 2.39. The summed E-state index contributed by atoms with van der Waals surface area (Å²) in [4.78, 5) is 26.5. The number of anilines is 1. The highest BCUT2D eigenvalue weighted by Gasteiger charge is 2.22. The number of ether oxygens (including phenoxy) is 1. The minimum absolute atomic E-state index is 0.113. The van der Waals surface area contributed by atoms with Gasteiger partial charge in [0.2, 0.25) is 0 Å². The Morgan fingerprint density at radius 2 is 2.03 bits per heavy atom. The van der Waals surface area contributed by atoms with Crippen molar-refractivity contribution in [3.8, 4) is 5.75 Å². The van der Waals surface area contributed by atoms with Crippen LogP contribution < -0.4 is 15.4 Å². The van der Waals surface area contributed by atoms with Gasteiger partial charge in [0, 0.05) is 17.0 Å². The molecule has 164 valence electrons. The Hall–Kier alpha value is -2.38. The van der Waals surface area contributed by atoms with E-state index in [1.54, 1.807) is 19.2 Å². The Morgan fingerprint density at radius 3 is 2.84 bits per heavy atom. The smallest absolute Gasteiger partial charge is 0.262 e. The van der Waals surface area contributed by atoms with Gasteiger partial charge in [0.25, 0.3) is 11.8 Å². The molecular weight excluding hydrogens is 428 g/mol. The molecule has 1 aliphatic heterocycles. The third kappa shape index (κ3) is 6.80. The Kier molecular flexibility index (Phi) is 8.91. The van der Waals surface area contributed by atoms with Crippen molar-refractivity contribution in [2.45, 2.75) is 31.1 Å². The maximum atomic E-state index is 12.6. The Bertz CT molecular complexity index is 960. The molecule has 2 aromatic rings. The number of unbranched alkanes of at least 4 members (excludes halogenated alkanes) is 1. The van der Waals surface area contributed by atoms with E-state index in [0.717, 1.165) is 28.4 Å². The van der Waals surface area contributed by atoms with E-state index in [1.165, 1.54) is 30.4 Å². The summed E-state index contributed by atoms with van der Waals surface area (Å²) in [7, 11) is 1.62. The Morgan fingerprint density at radius 1 is 1.19 bits per heavy atom. The molecule has 0 saturated carbocycles. The zero-order valence-electron chi connectivity index (χ0n) is 17.9. The van der Waals surface area contributed by atoms with E-state index in [9.17, 15) is 9.59 Å². The van der Waals surface area contributed by atoms with Crippen molar-refractivity contribution < 1.29 is 14.3 Å². The quantitative estimate of drug-likeness (QED) is 0.368. The molecule has 0 aromatic heterocycles. The predicted molar refractivity (Wildman–Crippen MR) is 131 cm³/mol. The minimum Gasteiger partial charge on any atom is -0.497 e. The average Bonchev–Trinajstić information content (AvgIpc) is 2.78. The van der Waals surface area contributed by atoms with Gasteiger partial charge in [-0.3, -0.25) is 9.59 Å². The number of benzene rings is 2. The summed E-state index contributed by atoms with van der Waals surface area (Å²) in [5.41, 5.74) is 2.11. The molecule has 0 fully saturated rings. The number of thioether (sulfide) groups is 2. The van der Waals surface area contributed by atoms with Crippen molar-refractivity contribution in [2.24, 2.45) is 0 Å². The molecule has 0 saturated heterocycles. The molecule has 0 spiro atoms. The van der Waals surface area contributed by atoms with Crippen LogP contribution in [0.15, 0.2) is 52.3 Å². The van der Waals surface area contributed by atoms with Gasteiger partial charge in [-0.25, -0.2) is 0 Å². The number of methoxy groups -OCH3 is 1. The van der Waals surface area contributed by atoms with E-state index in [2.05, 4.69) is 17.6 Å². The second kappa shape index (κ2) is 11.9. The molecule has 2 aromatic carbocycles. The van der Waals surface area contributed by atoms with Crippen LogP contribution in [0.25, 0.3) is 6.08 Å². The third-order valence-electron chi connectivity index (χ3n) is 4.72. The highest BCUT2D eigenvalue weighted by atomic mass is 32.2. The lowest BCUT2D eigenvalue weighted by Gasteiger charge is -2.19. The van der Waals surface area contributed by atoms with E-state index in [0.29, 0.717) is 22.7 Å². The first-order valence-electron chi connectivity index (χ1n) is 10.5. The molecule has 0 unspecified atom stereocenters. The van der Waals surface area contributed by atoms with Gasteiger partial charge in [0.1, 0.15) is 5.75 Å². The fraction of sp³-hybridized carbons (Fsp3) is 0.333. The summed E-state index contributed by atoms with van der Waals surface area (Å²) < 4.78 is 5.24. The van der Waals surface area contributed by atoms with Crippen LogP contribution in [0.1, 0.15) is 42.1 Å². The van der Waals surface area contributed by atoms with Gasteiger partial charge in [0.15, 0.2) is 0 Å². The molecule has 0 aliphatic carbocycles. The van der Waals surface area contributed by atoms with E-state index < -0.39 is 0 Å². The van der Waals surface area contributed by atoms with Gasteiger partial charge in [-0.1, -0.05) is 37.2 Å². The van der Waals surface area contributed by atoms with E-state index in [-0.39, 0.29) is 11.8 Å². The van der Waals surface area contributed by atoms with Crippen molar-refractivity contribution in [1.29, 1.82) is 0 Å². The second-order valence-corrected chi connectivity index (χ2v) is 9.44. The van der Waals surface area contributed by atoms with Gasteiger partial charge >= 0.3 is 0 Å². The number of hydrogen-bond acceptors (Lipinski definition) is 5. The van der Waals surface area contributed by atoms with Gasteiger partial charge in [-0.15, -0.1) is 0 Å². The molecular formula is C24H28N2O3S2. The maximum Gasteiger partial charge on any atom is 0.262 e. The summed E-state index contributed by atoms with van der Waals surface area (Å²) in [6.45, 7) is 2.85. The molecule has 2 amide bonds. The van der Waals surface area contributed by atoms with Crippen LogP contribution in [0.5, 0.6) is 5.75 Å². The molecule has 3 rings (SSSR count). The number of rotatable bonds is 10. The fourth-order valence-corrected chi connectivity index (χ4v) is 4.99. The van der Waals surface area contributed by atoms with Crippen molar-refractivity contribution in [3.05, 3.63) is 58.5 Å². The molecule has 7 heteroatoms. The largest absolute Gasteiger partial charge is 0.497 e. The Balaban J connectivity index is 1.59. The van der Waals surface area contributed by atoms with E-state index in [1.807, 2.05) is 48.2 Å². The molecule has 0 radical (unpaired) electrons. The molecule has 5 nitrogen and oxygen atoms in total. The highest BCUT2D eigenvalue weighted by molar-refractivity contribution is 8.04. The molecule has 31 heavy (non-hydrogen) atoms. The van der Waals surface area contributed by atoms with Crippen molar-refractivity contribution in [3.63, 3.8) is 0 Å². The SMILES string of the molecule is CCCCSCCCNC(=O)c1ccc2c(c1)NC(=O)C(=Cc1cccc(OC)c1)S2.